The van der Waals surface area contributed by atoms with Crippen molar-refractivity contribution in [1.82, 2.24) is 4.90 Å². The minimum absolute atomic E-state index is 0.750. The molecule has 0 atom stereocenters. The van der Waals surface area contributed by atoms with E-state index < -0.39 is 4.30 Å². The quantitative estimate of drug-likeness (QED) is 0.582. The van der Waals surface area contributed by atoms with Crippen LogP contribution in [0.3, 0.4) is 0 Å². The van der Waals surface area contributed by atoms with Gasteiger partial charge in [-0.1, -0.05) is 89.2 Å². The van der Waals surface area contributed by atoms with Crippen LogP contribution in [0.1, 0.15) is 54.4 Å². The van der Waals surface area contributed by atoms with Crippen molar-refractivity contribution in [3.8, 4) is 0 Å². The number of rotatable bonds is 5. The molecule has 0 unspecified atom stereocenters. The van der Waals surface area contributed by atoms with Gasteiger partial charge in [0.15, 0.2) is 4.30 Å². The molecule has 0 saturated carbocycles. The first-order valence-corrected chi connectivity index (χ1v) is 7.80. The SMILES string of the molecule is CCCC(C)C.CCN(CC)CC.ClC(Cl)Cl. The van der Waals surface area contributed by atoms with Gasteiger partial charge in [0.25, 0.3) is 0 Å². The standard InChI is InChI=1S/C6H15N.C6H14.CHCl3/c1-4-7(5-2)6-3;1-4-5-6(2)3;2-1(3)4/h4-6H2,1-3H3;6H,4-5H2,1-3H3;1H. The molecular weight excluding hydrogens is 277 g/mol. The summed E-state index contributed by atoms with van der Waals surface area (Å²) in [5.74, 6) is 0.898. The summed E-state index contributed by atoms with van der Waals surface area (Å²) in [7, 11) is 0. The maximum absolute atomic E-state index is 4.81. The lowest BCUT2D eigenvalue weighted by Gasteiger charge is -2.13. The van der Waals surface area contributed by atoms with E-state index in [0.29, 0.717) is 0 Å². The van der Waals surface area contributed by atoms with Crippen molar-refractivity contribution in [2.24, 2.45) is 5.92 Å². The average molecular weight is 307 g/mol. The van der Waals surface area contributed by atoms with Crippen LogP contribution in [0.2, 0.25) is 0 Å². The second-order valence-corrected chi connectivity index (χ2v) is 6.03. The van der Waals surface area contributed by atoms with E-state index in [2.05, 4.69) is 46.4 Å². The van der Waals surface area contributed by atoms with Crippen molar-refractivity contribution in [2.45, 2.75) is 58.7 Å². The van der Waals surface area contributed by atoms with E-state index in [0.717, 1.165) is 5.92 Å². The van der Waals surface area contributed by atoms with Crippen LogP contribution in [0.5, 0.6) is 0 Å². The van der Waals surface area contributed by atoms with Crippen LogP contribution >= 0.6 is 34.8 Å². The number of alkyl halides is 3. The van der Waals surface area contributed by atoms with Gasteiger partial charge in [0.2, 0.25) is 0 Å². The lowest BCUT2D eigenvalue weighted by atomic mass is 10.1. The molecule has 0 aromatic rings. The van der Waals surface area contributed by atoms with Gasteiger partial charge < -0.3 is 4.90 Å². The lowest BCUT2D eigenvalue weighted by Crippen LogP contribution is -2.21. The summed E-state index contributed by atoms with van der Waals surface area (Å²) in [5.41, 5.74) is 0. The fourth-order valence-corrected chi connectivity index (χ4v) is 1.25. The second kappa shape index (κ2) is 19.2. The summed E-state index contributed by atoms with van der Waals surface area (Å²) in [4.78, 5) is 2.38. The van der Waals surface area contributed by atoms with E-state index in [1.165, 1.54) is 32.5 Å². The molecule has 0 aliphatic rings. The van der Waals surface area contributed by atoms with Crippen molar-refractivity contribution in [2.75, 3.05) is 19.6 Å². The van der Waals surface area contributed by atoms with E-state index in [-0.39, 0.29) is 0 Å². The molecule has 0 radical (unpaired) electrons. The third-order valence-electron chi connectivity index (χ3n) is 2.21. The summed E-state index contributed by atoms with van der Waals surface area (Å²) in [6, 6.07) is 0. The van der Waals surface area contributed by atoms with Crippen LogP contribution < -0.4 is 0 Å². The Morgan fingerprint density at radius 3 is 1.12 bits per heavy atom. The van der Waals surface area contributed by atoms with E-state index in [4.69, 9.17) is 34.8 Å². The molecule has 0 rings (SSSR count). The molecule has 0 saturated heterocycles. The predicted octanol–water partition coefficient (Wildman–Crippen LogP) is 5.78. The highest BCUT2D eigenvalue weighted by molar-refractivity contribution is 6.63. The van der Waals surface area contributed by atoms with Crippen molar-refractivity contribution in [3.05, 3.63) is 0 Å². The third kappa shape index (κ3) is 38.3. The monoisotopic (exact) mass is 305 g/mol. The van der Waals surface area contributed by atoms with Crippen molar-refractivity contribution >= 4 is 34.8 Å². The molecule has 0 spiro atoms. The number of nitrogens with zero attached hydrogens (tertiary/aromatic N) is 1. The first-order valence-electron chi connectivity index (χ1n) is 6.49. The Morgan fingerprint density at radius 1 is 0.824 bits per heavy atom. The van der Waals surface area contributed by atoms with Gasteiger partial charge >= 0.3 is 0 Å². The number of hydrogen-bond donors (Lipinski definition) is 0. The van der Waals surface area contributed by atoms with E-state index in [1.807, 2.05) is 0 Å². The zero-order valence-electron chi connectivity index (χ0n) is 12.3. The molecule has 1 nitrogen and oxygen atoms in total. The fraction of sp³-hybridized carbons (Fsp3) is 1.00. The molecule has 0 aliphatic heterocycles. The number of hydrogen-bond acceptors (Lipinski definition) is 1. The zero-order valence-corrected chi connectivity index (χ0v) is 14.5. The van der Waals surface area contributed by atoms with Crippen LogP contribution in [0.15, 0.2) is 0 Å². The van der Waals surface area contributed by atoms with Gasteiger partial charge in [0.1, 0.15) is 0 Å². The van der Waals surface area contributed by atoms with Crippen molar-refractivity contribution in [1.29, 1.82) is 0 Å². The first-order chi connectivity index (χ1) is 7.85. The second-order valence-electron chi connectivity index (χ2n) is 4.05. The molecule has 0 heterocycles. The number of halogens is 3. The molecule has 0 aromatic heterocycles. The largest absolute Gasteiger partial charge is 0.304 e. The minimum atomic E-state index is -0.750. The topological polar surface area (TPSA) is 3.24 Å². The fourth-order valence-electron chi connectivity index (χ4n) is 1.25. The molecule has 0 bridgehead atoms. The Morgan fingerprint density at radius 2 is 1.12 bits per heavy atom. The zero-order chi connectivity index (χ0) is 14.3. The molecule has 0 amide bonds. The van der Waals surface area contributed by atoms with E-state index in [9.17, 15) is 0 Å². The maximum Gasteiger partial charge on any atom is 0.180 e. The molecule has 17 heavy (non-hydrogen) atoms. The average Bonchev–Trinajstić information content (AvgIpc) is 2.20. The van der Waals surface area contributed by atoms with Crippen LogP contribution in [-0.2, 0) is 0 Å². The predicted molar refractivity (Wildman–Crippen MR) is 84.6 cm³/mol. The summed E-state index contributed by atoms with van der Waals surface area (Å²) >= 11 is 14.4. The van der Waals surface area contributed by atoms with Gasteiger partial charge in [-0.15, -0.1) is 0 Å². The first kappa shape index (κ1) is 23.0. The molecule has 0 aliphatic carbocycles. The summed E-state index contributed by atoms with van der Waals surface area (Å²) in [6.07, 6.45) is 2.71. The molecular formula is C13H30Cl3N. The smallest absolute Gasteiger partial charge is 0.180 e. The van der Waals surface area contributed by atoms with Crippen LogP contribution in [0.25, 0.3) is 0 Å². The summed E-state index contributed by atoms with van der Waals surface area (Å²) in [5, 5.41) is 0. The van der Waals surface area contributed by atoms with Crippen LogP contribution in [0.4, 0.5) is 0 Å². The Kier molecular flexibility index (Phi) is 25.9. The minimum Gasteiger partial charge on any atom is -0.304 e. The Bertz CT molecular complexity index is 107. The van der Waals surface area contributed by atoms with Crippen molar-refractivity contribution < 1.29 is 0 Å². The Balaban J connectivity index is -0.000000180. The Labute approximate surface area is 124 Å². The highest BCUT2D eigenvalue weighted by Crippen LogP contribution is 2.03. The highest BCUT2D eigenvalue weighted by atomic mass is 35.6. The molecule has 4 heteroatoms. The summed E-state index contributed by atoms with van der Waals surface area (Å²) in [6.45, 7) is 16.9. The van der Waals surface area contributed by atoms with Gasteiger partial charge in [-0.05, 0) is 25.6 Å². The Hall–Kier alpha value is 0.830. The molecule has 108 valence electrons. The van der Waals surface area contributed by atoms with E-state index >= 15 is 0 Å². The lowest BCUT2D eigenvalue weighted by molar-refractivity contribution is 0.321. The normalized spacial score (nSPS) is 9.88. The van der Waals surface area contributed by atoms with Gasteiger partial charge in [-0.3, -0.25) is 0 Å². The van der Waals surface area contributed by atoms with Crippen LogP contribution in [-0.4, -0.2) is 28.8 Å². The molecule has 0 fully saturated rings. The molecule has 0 N–H and O–H groups in total. The van der Waals surface area contributed by atoms with Gasteiger partial charge in [-0.2, -0.15) is 0 Å². The van der Waals surface area contributed by atoms with Crippen LogP contribution in [0, 0.1) is 5.92 Å². The highest BCUT2D eigenvalue weighted by Gasteiger charge is 1.89. The third-order valence-corrected chi connectivity index (χ3v) is 2.21. The summed E-state index contributed by atoms with van der Waals surface area (Å²) < 4.78 is -0.750. The van der Waals surface area contributed by atoms with Gasteiger partial charge in [0.05, 0.1) is 0 Å². The van der Waals surface area contributed by atoms with E-state index in [1.54, 1.807) is 0 Å². The van der Waals surface area contributed by atoms with Crippen molar-refractivity contribution in [3.63, 3.8) is 0 Å². The molecule has 0 aromatic carbocycles. The van der Waals surface area contributed by atoms with Gasteiger partial charge in [0, 0.05) is 0 Å². The van der Waals surface area contributed by atoms with Gasteiger partial charge in [-0.25, -0.2) is 0 Å². The maximum atomic E-state index is 4.81.